The van der Waals surface area contributed by atoms with Crippen molar-refractivity contribution >= 4 is 33.2 Å². The van der Waals surface area contributed by atoms with Crippen molar-refractivity contribution < 1.29 is 22.7 Å². The summed E-state index contributed by atoms with van der Waals surface area (Å²) < 4.78 is 38.2. The first-order valence-corrected chi connectivity index (χ1v) is 11.0. The Hall–Kier alpha value is -2.29. The molecule has 1 heterocycles. The maximum Gasteiger partial charge on any atom is 0.255 e. The minimum absolute atomic E-state index is 0.0207. The van der Waals surface area contributed by atoms with E-state index in [1.807, 2.05) is 0 Å². The standard InChI is InChI=1S/C20H23ClN2O5S/c1-27-17-9-7-15(21)13-16(17)22-20(24)14-6-8-18(28-2)19(12-14)29(25,26)23-10-4-3-5-11-23/h6-9,12-13H,3-5,10-11H2,1-2H3,(H,22,24). The lowest BCUT2D eigenvalue weighted by atomic mass is 10.2. The molecule has 0 atom stereocenters. The van der Waals surface area contributed by atoms with Gasteiger partial charge in [-0.15, -0.1) is 0 Å². The van der Waals surface area contributed by atoms with Gasteiger partial charge in [-0.1, -0.05) is 18.0 Å². The molecule has 0 aliphatic carbocycles. The Bertz CT molecular complexity index is 1000. The second kappa shape index (κ2) is 9.02. The van der Waals surface area contributed by atoms with Crippen LogP contribution in [0.5, 0.6) is 11.5 Å². The van der Waals surface area contributed by atoms with E-state index in [1.54, 1.807) is 18.2 Å². The molecule has 0 radical (unpaired) electrons. The molecule has 0 unspecified atom stereocenters. The summed E-state index contributed by atoms with van der Waals surface area (Å²) in [6, 6.07) is 9.19. The Labute approximate surface area is 175 Å². The number of hydrogen-bond donors (Lipinski definition) is 1. The van der Waals surface area contributed by atoms with E-state index in [2.05, 4.69) is 5.32 Å². The fourth-order valence-electron chi connectivity index (χ4n) is 3.24. The smallest absolute Gasteiger partial charge is 0.255 e. The van der Waals surface area contributed by atoms with Crippen molar-refractivity contribution in [2.45, 2.75) is 24.2 Å². The predicted octanol–water partition coefficient (Wildman–Crippen LogP) is 3.78. The summed E-state index contributed by atoms with van der Waals surface area (Å²) in [5.74, 6) is 0.160. The summed E-state index contributed by atoms with van der Waals surface area (Å²) in [6.45, 7) is 0.920. The molecule has 2 aromatic rings. The first kappa shape index (κ1) is 21.4. The second-order valence-corrected chi connectivity index (χ2v) is 8.97. The highest BCUT2D eigenvalue weighted by Crippen LogP contribution is 2.31. The third-order valence-electron chi connectivity index (χ3n) is 4.77. The van der Waals surface area contributed by atoms with Crippen LogP contribution in [-0.2, 0) is 10.0 Å². The first-order chi connectivity index (χ1) is 13.9. The zero-order valence-corrected chi connectivity index (χ0v) is 17.8. The number of ether oxygens (including phenoxy) is 2. The van der Waals surface area contributed by atoms with Crippen molar-refractivity contribution in [3.8, 4) is 11.5 Å². The van der Waals surface area contributed by atoms with Gasteiger partial charge in [0.25, 0.3) is 5.91 Å². The lowest BCUT2D eigenvalue weighted by Gasteiger charge is -2.26. The third-order valence-corrected chi connectivity index (χ3v) is 6.92. The monoisotopic (exact) mass is 438 g/mol. The fraction of sp³-hybridized carbons (Fsp3) is 0.350. The Morgan fingerprint density at radius 2 is 1.66 bits per heavy atom. The van der Waals surface area contributed by atoms with E-state index in [4.69, 9.17) is 21.1 Å². The van der Waals surface area contributed by atoms with E-state index in [0.717, 1.165) is 19.3 Å². The largest absolute Gasteiger partial charge is 0.495 e. The molecule has 0 aromatic heterocycles. The molecule has 1 saturated heterocycles. The van der Waals surface area contributed by atoms with E-state index >= 15 is 0 Å². The van der Waals surface area contributed by atoms with Crippen molar-refractivity contribution in [1.82, 2.24) is 4.31 Å². The maximum absolute atomic E-state index is 13.1. The molecule has 0 bridgehead atoms. The van der Waals surface area contributed by atoms with E-state index in [9.17, 15) is 13.2 Å². The van der Waals surface area contributed by atoms with Crippen LogP contribution >= 0.6 is 11.6 Å². The van der Waals surface area contributed by atoms with Gasteiger partial charge in [0.05, 0.1) is 19.9 Å². The highest BCUT2D eigenvalue weighted by molar-refractivity contribution is 7.89. The van der Waals surface area contributed by atoms with Gasteiger partial charge in [-0.2, -0.15) is 4.31 Å². The number of methoxy groups -OCH3 is 2. The predicted molar refractivity (Wildman–Crippen MR) is 112 cm³/mol. The number of carbonyl (C=O) groups excluding carboxylic acids is 1. The summed E-state index contributed by atoms with van der Waals surface area (Å²) >= 11 is 6.01. The Kier molecular flexibility index (Phi) is 6.66. The normalized spacial score (nSPS) is 15.0. The van der Waals surface area contributed by atoms with Crippen LogP contribution in [0.4, 0.5) is 5.69 Å². The Morgan fingerprint density at radius 1 is 1.00 bits per heavy atom. The van der Waals surface area contributed by atoms with Crippen LogP contribution in [0.3, 0.4) is 0 Å². The molecule has 1 amide bonds. The summed E-state index contributed by atoms with van der Waals surface area (Å²) in [7, 11) is -0.885. The van der Waals surface area contributed by atoms with Crippen molar-refractivity contribution in [3.05, 3.63) is 47.0 Å². The van der Waals surface area contributed by atoms with Crippen molar-refractivity contribution in [2.75, 3.05) is 32.6 Å². The van der Waals surface area contributed by atoms with Crippen molar-refractivity contribution in [3.63, 3.8) is 0 Å². The highest BCUT2D eigenvalue weighted by atomic mass is 35.5. The fourth-order valence-corrected chi connectivity index (χ4v) is 5.11. The summed E-state index contributed by atoms with van der Waals surface area (Å²) in [5.41, 5.74) is 0.574. The number of nitrogens with one attached hydrogen (secondary N) is 1. The number of rotatable bonds is 6. The SMILES string of the molecule is COc1ccc(Cl)cc1NC(=O)c1ccc(OC)c(S(=O)(=O)N2CCCCC2)c1. The lowest BCUT2D eigenvalue weighted by Crippen LogP contribution is -2.35. The number of hydrogen-bond acceptors (Lipinski definition) is 5. The van der Waals surface area contributed by atoms with Gasteiger partial charge in [-0.05, 0) is 49.2 Å². The van der Waals surface area contributed by atoms with Gasteiger partial charge in [0.15, 0.2) is 0 Å². The second-order valence-electron chi connectivity index (χ2n) is 6.63. The average Bonchev–Trinajstić information content (AvgIpc) is 2.74. The van der Waals surface area contributed by atoms with E-state index < -0.39 is 15.9 Å². The van der Waals surface area contributed by atoms with E-state index in [1.165, 1.54) is 36.7 Å². The summed E-state index contributed by atoms with van der Waals surface area (Å²) in [5, 5.41) is 3.15. The molecule has 1 N–H and O–H groups in total. The molecular weight excluding hydrogens is 416 g/mol. The van der Waals surface area contributed by atoms with Crippen LogP contribution in [-0.4, -0.2) is 45.9 Å². The van der Waals surface area contributed by atoms with Crippen LogP contribution in [0.25, 0.3) is 0 Å². The number of anilines is 1. The van der Waals surface area contributed by atoms with Gasteiger partial charge in [0, 0.05) is 23.7 Å². The zero-order valence-electron chi connectivity index (χ0n) is 16.3. The molecule has 7 nitrogen and oxygen atoms in total. The molecule has 0 saturated carbocycles. The molecule has 1 aliphatic heterocycles. The molecule has 3 rings (SSSR count). The number of piperidine rings is 1. The zero-order chi connectivity index (χ0) is 21.0. The lowest BCUT2D eigenvalue weighted by molar-refractivity contribution is 0.102. The van der Waals surface area contributed by atoms with Gasteiger partial charge >= 0.3 is 0 Å². The minimum atomic E-state index is -3.77. The van der Waals surface area contributed by atoms with Gasteiger partial charge < -0.3 is 14.8 Å². The number of carbonyl (C=O) groups is 1. The van der Waals surface area contributed by atoms with Gasteiger partial charge in [0.1, 0.15) is 16.4 Å². The Morgan fingerprint density at radius 3 is 2.31 bits per heavy atom. The van der Waals surface area contributed by atoms with E-state index in [-0.39, 0.29) is 16.2 Å². The van der Waals surface area contributed by atoms with Crippen molar-refractivity contribution in [1.29, 1.82) is 0 Å². The molecule has 1 aliphatic rings. The number of sulfonamides is 1. The quantitative estimate of drug-likeness (QED) is 0.741. The number of amides is 1. The van der Waals surface area contributed by atoms with Crippen LogP contribution in [0.15, 0.2) is 41.3 Å². The molecule has 2 aromatic carbocycles. The van der Waals surface area contributed by atoms with Gasteiger partial charge in [-0.25, -0.2) is 8.42 Å². The molecule has 156 valence electrons. The van der Waals surface area contributed by atoms with Gasteiger partial charge in [-0.3, -0.25) is 4.79 Å². The molecule has 29 heavy (non-hydrogen) atoms. The van der Waals surface area contributed by atoms with Crippen LogP contribution in [0.2, 0.25) is 5.02 Å². The van der Waals surface area contributed by atoms with Crippen LogP contribution in [0.1, 0.15) is 29.6 Å². The van der Waals surface area contributed by atoms with Crippen LogP contribution in [0, 0.1) is 0 Å². The topological polar surface area (TPSA) is 84.9 Å². The number of benzene rings is 2. The van der Waals surface area contributed by atoms with E-state index in [0.29, 0.717) is 29.5 Å². The highest BCUT2D eigenvalue weighted by Gasteiger charge is 2.29. The van der Waals surface area contributed by atoms with Gasteiger partial charge in [0.2, 0.25) is 10.0 Å². The molecular formula is C20H23ClN2O5S. The average molecular weight is 439 g/mol. The molecule has 9 heteroatoms. The number of halogens is 1. The minimum Gasteiger partial charge on any atom is -0.495 e. The summed E-state index contributed by atoms with van der Waals surface area (Å²) in [6.07, 6.45) is 2.64. The first-order valence-electron chi connectivity index (χ1n) is 9.20. The summed E-state index contributed by atoms with van der Waals surface area (Å²) in [4.78, 5) is 12.8. The third kappa shape index (κ3) is 4.66. The maximum atomic E-state index is 13.1. The molecule has 1 fully saturated rings. The molecule has 0 spiro atoms. The number of nitrogens with zero attached hydrogens (tertiary/aromatic N) is 1. The van der Waals surface area contributed by atoms with Crippen molar-refractivity contribution in [2.24, 2.45) is 0 Å². The van der Waals surface area contributed by atoms with Crippen LogP contribution < -0.4 is 14.8 Å². The Balaban J connectivity index is 1.94.